The number of rotatable bonds is 3. The third kappa shape index (κ3) is 2.57. The Balaban J connectivity index is 2.45. The smallest absolute Gasteiger partial charge is 0.258 e. The van der Waals surface area contributed by atoms with Crippen LogP contribution in [-0.4, -0.2) is 26.6 Å². The van der Waals surface area contributed by atoms with Crippen molar-refractivity contribution in [2.75, 3.05) is 5.73 Å². The largest absolute Gasteiger partial charge is 0.399 e. The van der Waals surface area contributed by atoms with E-state index in [9.17, 15) is 8.78 Å². The van der Waals surface area contributed by atoms with Crippen molar-refractivity contribution in [3.63, 3.8) is 0 Å². The Morgan fingerprint density at radius 2 is 2.18 bits per heavy atom. The molecule has 1 heterocycles. The van der Waals surface area contributed by atoms with Gasteiger partial charge in [-0.15, -0.1) is 5.10 Å². The number of nitrogens with two attached hydrogens (primary N) is 1. The lowest BCUT2D eigenvalue weighted by atomic mass is 10.2. The highest BCUT2D eigenvalue weighted by Crippen LogP contribution is 2.28. The predicted molar refractivity (Wildman–Crippen MR) is 61.4 cm³/mol. The molecular weight excluding hydrogens is 296 g/mol. The second-order valence-electron chi connectivity index (χ2n) is 3.31. The van der Waals surface area contributed by atoms with Crippen LogP contribution in [0, 0.1) is 0 Å². The fourth-order valence-electron chi connectivity index (χ4n) is 1.37. The maximum absolute atomic E-state index is 12.3. The molecule has 0 atom stereocenters. The van der Waals surface area contributed by atoms with Gasteiger partial charge in [0, 0.05) is 15.7 Å². The van der Waals surface area contributed by atoms with Crippen molar-refractivity contribution in [2.45, 2.75) is 13.0 Å². The van der Waals surface area contributed by atoms with Gasteiger partial charge in [-0.1, -0.05) is 15.9 Å². The molecule has 0 aliphatic heterocycles. The number of benzene rings is 1. The molecule has 2 N–H and O–H groups in total. The van der Waals surface area contributed by atoms with E-state index in [1.807, 2.05) is 0 Å². The van der Waals surface area contributed by atoms with Crippen LogP contribution >= 0.6 is 15.9 Å². The highest BCUT2D eigenvalue weighted by atomic mass is 79.9. The zero-order valence-electron chi connectivity index (χ0n) is 8.52. The van der Waals surface area contributed by atoms with Crippen LogP contribution in [0.25, 0.3) is 11.4 Å². The van der Waals surface area contributed by atoms with Crippen molar-refractivity contribution >= 4 is 21.6 Å². The minimum atomic E-state index is -2.52. The van der Waals surface area contributed by atoms with Gasteiger partial charge in [0.15, 0.2) is 5.82 Å². The molecule has 0 fully saturated rings. The summed E-state index contributed by atoms with van der Waals surface area (Å²) in [5.41, 5.74) is 6.73. The first-order valence-electron chi connectivity index (χ1n) is 4.67. The Hall–Kier alpha value is -1.57. The molecule has 5 nitrogen and oxygen atoms in total. The van der Waals surface area contributed by atoms with Crippen LogP contribution in [0.2, 0.25) is 0 Å². The van der Waals surface area contributed by atoms with Crippen LogP contribution in [0.3, 0.4) is 0 Å². The van der Waals surface area contributed by atoms with E-state index in [-0.39, 0.29) is 5.82 Å². The first kappa shape index (κ1) is 11.9. The van der Waals surface area contributed by atoms with Gasteiger partial charge < -0.3 is 5.73 Å². The van der Waals surface area contributed by atoms with Gasteiger partial charge >= 0.3 is 0 Å². The second kappa shape index (κ2) is 4.74. The quantitative estimate of drug-likeness (QED) is 0.880. The van der Waals surface area contributed by atoms with E-state index >= 15 is 0 Å². The molecule has 0 spiro atoms. The van der Waals surface area contributed by atoms with Gasteiger partial charge in [-0.3, -0.25) is 0 Å². The van der Waals surface area contributed by atoms with Gasteiger partial charge in [-0.05, 0) is 28.6 Å². The van der Waals surface area contributed by atoms with Crippen molar-refractivity contribution in [3.05, 3.63) is 22.7 Å². The third-order valence-corrected chi connectivity index (χ3v) is 2.77. The summed E-state index contributed by atoms with van der Waals surface area (Å²) >= 11 is 3.30. The molecule has 0 bridgehead atoms. The average molecular weight is 304 g/mol. The van der Waals surface area contributed by atoms with E-state index in [2.05, 4.69) is 31.5 Å². The Kier molecular flexibility index (Phi) is 3.32. The molecule has 8 heteroatoms. The van der Waals surface area contributed by atoms with Crippen molar-refractivity contribution in [2.24, 2.45) is 0 Å². The molecule has 2 aromatic rings. The van der Waals surface area contributed by atoms with Crippen LogP contribution in [-0.2, 0) is 6.54 Å². The molecule has 0 unspecified atom stereocenters. The summed E-state index contributed by atoms with van der Waals surface area (Å²) in [6.45, 7) is -0.552. The highest BCUT2D eigenvalue weighted by molar-refractivity contribution is 9.10. The molecule has 17 heavy (non-hydrogen) atoms. The third-order valence-electron chi connectivity index (χ3n) is 2.07. The lowest BCUT2D eigenvalue weighted by Crippen LogP contribution is -2.10. The Morgan fingerprint density at radius 1 is 1.41 bits per heavy atom. The topological polar surface area (TPSA) is 69.6 Å². The van der Waals surface area contributed by atoms with Crippen LogP contribution < -0.4 is 5.73 Å². The van der Waals surface area contributed by atoms with Crippen LogP contribution in [0.4, 0.5) is 14.5 Å². The van der Waals surface area contributed by atoms with Gasteiger partial charge in [0.25, 0.3) is 6.43 Å². The number of halogens is 3. The summed E-state index contributed by atoms with van der Waals surface area (Å²) in [5.74, 6) is 0.254. The lowest BCUT2D eigenvalue weighted by molar-refractivity contribution is 0.121. The fourth-order valence-corrected chi connectivity index (χ4v) is 1.79. The normalized spacial score (nSPS) is 11.1. The maximum atomic E-state index is 12.3. The summed E-state index contributed by atoms with van der Waals surface area (Å²) in [5, 5.41) is 10.6. The molecule has 1 aromatic heterocycles. The Labute approximate surface area is 104 Å². The summed E-state index contributed by atoms with van der Waals surface area (Å²) in [7, 11) is 0. The van der Waals surface area contributed by atoms with E-state index in [1.165, 1.54) is 0 Å². The zero-order chi connectivity index (χ0) is 12.4. The van der Waals surface area contributed by atoms with Gasteiger partial charge in [0.05, 0.1) is 0 Å². The second-order valence-corrected chi connectivity index (χ2v) is 4.17. The standard InChI is InChI=1S/C9H8BrF2N5/c10-7-2-1-5(13)3-6(7)9-14-15-16-17(9)4-8(11)12/h1-3,8H,4,13H2. The molecule has 0 aliphatic rings. The number of aromatic nitrogens is 4. The minimum Gasteiger partial charge on any atom is -0.399 e. The summed E-state index contributed by atoms with van der Waals surface area (Å²) < 4.78 is 26.4. The number of nitrogen functional groups attached to an aromatic ring is 1. The average Bonchev–Trinajstić information content (AvgIpc) is 2.69. The van der Waals surface area contributed by atoms with Gasteiger partial charge in [-0.2, -0.15) is 0 Å². The van der Waals surface area contributed by atoms with Crippen molar-refractivity contribution in [3.8, 4) is 11.4 Å². The molecule has 1 aromatic carbocycles. The number of hydrogen-bond acceptors (Lipinski definition) is 4. The SMILES string of the molecule is Nc1ccc(Br)c(-c2nnnn2CC(F)F)c1. The van der Waals surface area contributed by atoms with Gasteiger partial charge in [0.1, 0.15) is 6.54 Å². The van der Waals surface area contributed by atoms with E-state index in [1.54, 1.807) is 18.2 Å². The fraction of sp³-hybridized carbons (Fsp3) is 0.222. The molecule has 0 aliphatic carbocycles. The monoisotopic (exact) mass is 303 g/mol. The van der Waals surface area contributed by atoms with Crippen LogP contribution in [0.5, 0.6) is 0 Å². The first-order chi connectivity index (χ1) is 8.08. The number of nitrogens with zero attached hydrogens (tertiary/aromatic N) is 4. The van der Waals surface area contributed by atoms with E-state index in [4.69, 9.17) is 5.73 Å². The number of alkyl halides is 2. The van der Waals surface area contributed by atoms with Crippen molar-refractivity contribution in [1.82, 2.24) is 20.2 Å². The van der Waals surface area contributed by atoms with E-state index < -0.39 is 13.0 Å². The molecule has 2 rings (SSSR count). The van der Waals surface area contributed by atoms with Crippen LogP contribution in [0.15, 0.2) is 22.7 Å². The minimum absolute atomic E-state index is 0.254. The van der Waals surface area contributed by atoms with Gasteiger partial charge in [-0.25, -0.2) is 13.5 Å². The lowest BCUT2D eigenvalue weighted by Gasteiger charge is -2.06. The van der Waals surface area contributed by atoms with Crippen molar-refractivity contribution in [1.29, 1.82) is 0 Å². The molecule has 0 saturated heterocycles. The molecule has 0 amide bonds. The first-order valence-corrected chi connectivity index (χ1v) is 5.47. The summed E-state index contributed by atoms with van der Waals surface area (Å²) in [4.78, 5) is 0. The highest BCUT2D eigenvalue weighted by Gasteiger charge is 2.15. The number of hydrogen-bond donors (Lipinski definition) is 1. The molecule has 0 radical (unpaired) electrons. The predicted octanol–water partition coefficient (Wildman–Crippen LogP) is 1.95. The van der Waals surface area contributed by atoms with Gasteiger partial charge in [0.2, 0.25) is 0 Å². The zero-order valence-corrected chi connectivity index (χ0v) is 10.1. The molecule has 0 saturated carbocycles. The number of anilines is 1. The Morgan fingerprint density at radius 3 is 2.88 bits per heavy atom. The maximum Gasteiger partial charge on any atom is 0.258 e. The van der Waals surface area contributed by atoms with Crippen LogP contribution in [0.1, 0.15) is 0 Å². The Bertz CT molecular complexity index is 528. The van der Waals surface area contributed by atoms with Crippen molar-refractivity contribution < 1.29 is 8.78 Å². The molecule has 90 valence electrons. The van der Waals surface area contributed by atoms with E-state index in [0.717, 1.165) is 4.68 Å². The molecular formula is C9H8BrF2N5. The summed E-state index contributed by atoms with van der Waals surface area (Å²) in [6, 6.07) is 5.03. The summed E-state index contributed by atoms with van der Waals surface area (Å²) in [6.07, 6.45) is -2.52. The number of tetrazole rings is 1. The van der Waals surface area contributed by atoms with E-state index in [0.29, 0.717) is 15.7 Å².